The molecular formula is C27H26N4O2. The Kier molecular flexibility index (Phi) is 5.67. The van der Waals surface area contributed by atoms with E-state index in [1.54, 1.807) is 0 Å². The fourth-order valence-electron chi connectivity index (χ4n) is 3.98. The zero-order chi connectivity index (χ0) is 22.8. The summed E-state index contributed by atoms with van der Waals surface area (Å²) in [5, 5.41) is 8.46. The number of H-pyrrole nitrogens is 1. The highest BCUT2D eigenvalue weighted by Gasteiger charge is 2.16. The van der Waals surface area contributed by atoms with Gasteiger partial charge in [0.15, 0.2) is 5.76 Å². The lowest BCUT2D eigenvalue weighted by Gasteiger charge is -2.14. The number of benzene rings is 2. The summed E-state index contributed by atoms with van der Waals surface area (Å²) < 4.78 is 11.9. The smallest absolute Gasteiger partial charge is 0.213 e. The molecule has 166 valence electrons. The van der Waals surface area contributed by atoms with Gasteiger partial charge in [-0.25, -0.2) is 4.98 Å². The number of furan rings is 1. The van der Waals surface area contributed by atoms with Gasteiger partial charge in [0.25, 0.3) is 0 Å². The van der Waals surface area contributed by atoms with Gasteiger partial charge < -0.3 is 14.9 Å². The first kappa shape index (κ1) is 21.0. The van der Waals surface area contributed by atoms with Crippen LogP contribution < -0.4 is 10.5 Å². The number of nitrogens with one attached hydrogen (secondary N) is 1. The van der Waals surface area contributed by atoms with Crippen LogP contribution in [0.3, 0.4) is 0 Å². The zero-order valence-electron chi connectivity index (χ0n) is 18.7. The van der Waals surface area contributed by atoms with Crippen molar-refractivity contribution in [3.63, 3.8) is 0 Å². The van der Waals surface area contributed by atoms with E-state index < -0.39 is 0 Å². The van der Waals surface area contributed by atoms with Crippen molar-refractivity contribution >= 4 is 10.9 Å². The number of fused-ring (bicyclic) bond motifs is 1. The van der Waals surface area contributed by atoms with Crippen LogP contribution >= 0.6 is 0 Å². The molecule has 0 aliphatic rings. The molecule has 0 fully saturated rings. The third-order valence-corrected chi connectivity index (χ3v) is 5.69. The van der Waals surface area contributed by atoms with Crippen molar-refractivity contribution < 1.29 is 9.15 Å². The van der Waals surface area contributed by atoms with E-state index in [9.17, 15) is 0 Å². The molecule has 0 spiro atoms. The maximum absolute atomic E-state index is 6.30. The van der Waals surface area contributed by atoms with Crippen molar-refractivity contribution in [2.75, 3.05) is 6.61 Å². The van der Waals surface area contributed by atoms with E-state index in [4.69, 9.17) is 19.9 Å². The lowest BCUT2D eigenvalue weighted by Crippen LogP contribution is -2.30. The first-order valence-electron chi connectivity index (χ1n) is 11.0. The van der Waals surface area contributed by atoms with Gasteiger partial charge >= 0.3 is 0 Å². The second-order valence-corrected chi connectivity index (χ2v) is 8.30. The second-order valence-electron chi connectivity index (χ2n) is 8.30. The molecule has 2 aromatic carbocycles. The number of aromatic amines is 1. The summed E-state index contributed by atoms with van der Waals surface area (Å²) in [6.07, 6.45) is 0.743. The van der Waals surface area contributed by atoms with Gasteiger partial charge in [0.2, 0.25) is 5.88 Å². The predicted molar refractivity (Wildman–Crippen MR) is 130 cm³/mol. The van der Waals surface area contributed by atoms with Gasteiger partial charge in [-0.2, -0.15) is 5.10 Å². The van der Waals surface area contributed by atoms with E-state index in [1.807, 2.05) is 62.4 Å². The average Bonchev–Trinajstić information content (AvgIpc) is 3.43. The average molecular weight is 439 g/mol. The fraction of sp³-hybridized carbons (Fsp3) is 0.185. The van der Waals surface area contributed by atoms with Crippen molar-refractivity contribution in [2.45, 2.75) is 26.3 Å². The van der Waals surface area contributed by atoms with Gasteiger partial charge in [-0.15, -0.1) is 0 Å². The molecule has 33 heavy (non-hydrogen) atoms. The molecule has 0 aliphatic heterocycles. The molecule has 0 saturated heterocycles. The Labute approximate surface area is 192 Å². The molecule has 0 bridgehead atoms. The molecule has 3 heterocycles. The lowest BCUT2D eigenvalue weighted by atomic mass is 10.0. The van der Waals surface area contributed by atoms with Crippen molar-refractivity contribution in [3.05, 3.63) is 89.8 Å². The van der Waals surface area contributed by atoms with Gasteiger partial charge in [-0.05, 0) is 61.7 Å². The maximum atomic E-state index is 6.30. The highest BCUT2D eigenvalue weighted by molar-refractivity contribution is 5.89. The molecule has 3 N–H and O–H groups in total. The molecule has 5 rings (SSSR count). The minimum Gasteiger partial charge on any atom is -0.476 e. The molecule has 0 unspecified atom stereocenters. The standard InChI is InChI=1S/C27H26N4O2/c1-17-8-12-25(33-17)27-22(20-9-11-24-23(15-20)18(2)30-31-24)10-13-26(29-27)32-16-21(28)14-19-6-4-3-5-7-19/h3-13,15,21H,14,16,28H2,1-2H3,(H,30,31)/t21-/m0/s1. The summed E-state index contributed by atoms with van der Waals surface area (Å²) >= 11 is 0. The number of hydrogen-bond donors (Lipinski definition) is 2. The van der Waals surface area contributed by atoms with Crippen LogP contribution in [0.25, 0.3) is 33.5 Å². The van der Waals surface area contributed by atoms with Gasteiger partial charge in [-0.1, -0.05) is 36.4 Å². The van der Waals surface area contributed by atoms with Crippen molar-refractivity contribution in [2.24, 2.45) is 5.73 Å². The number of nitrogens with two attached hydrogens (primary N) is 1. The van der Waals surface area contributed by atoms with E-state index in [0.29, 0.717) is 18.2 Å². The molecule has 0 saturated carbocycles. The zero-order valence-corrected chi connectivity index (χ0v) is 18.7. The Morgan fingerprint density at radius 3 is 2.64 bits per heavy atom. The second kappa shape index (κ2) is 8.92. The van der Waals surface area contributed by atoms with Crippen LogP contribution in [0.4, 0.5) is 0 Å². The first-order chi connectivity index (χ1) is 16.1. The molecule has 0 radical (unpaired) electrons. The largest absolute Gasteiger partial charge is 0.476 e. The summed E-state index contributed by atoms with van der Waals surface area (Å²) in [7, 11) is 0. The monoisotopic (exact) mass is 438 g/mol. The predicted octanol–water partition coefficient (Wildman–Crippen LogP) is 5.45. The van der Waals surface area contributed by atoms with Gasteiger partial charge in [-0.3, -0.25) is 5.10 Å². The number of hydrogen-bond acceptors (Lipinski definition) is 5. The van der Waals surface area contributed by atoms with Gasteiger partial charge in [0, 0.05) is 28.8 Å². The summed E-state index contributed by atoms with van der Waals surface area (Å²) in [6.45, 7) is 4.31. The minimum absolute atomic E-state index is 0.130. The SMILES string of the molecule is Cc1ccc(-c2nc(OC[C@@H](N)Cc3ccccc3)ccc2-c2ccc3n[nH]c(C)c3c2)o1. The molecule has 0 amide bonds. The van der Waals surface area contributed by atoms with Gasteiger partial charge in [0.05, 0.1) is 5.52 Å². The van der Waals surface area contributed by atoms with Crippen LogP contribution in [0.5, 0.6) is 5.88 Å². The Morgan fingerprint density at radius 1 is 1.00 bits per heavy atom. The molecule has 6 heteroatoms. The van der Waals surface area contributed by atoms with Crippen LogP contribution in [-0.2, 0) is 6.42 Å². The normalized spacial score (nSPS) is 12.2. The number of nitrogens with zero attached hydrogens (tertiary/aromatic N) is 2. The Hall–Kier alpha value is -3.90. The summed E-state index contributed by atoms with van der Waals surface area (Å²) in [4.78, 5) is 4.81. The summed E-state index contributed by atoms with van der Waals surface area (Å²) in [5.41, 5.74) is 12.2. The molecule has 5 aromatic rings. The van der Waals surface area contributed by atoms with E-state index >= 15 is 0 Å². The Balaban J connectivity index is 1.44. The number of ether oxygens (including phenoxy) is 1. The van der Waals surface area contributed by atoms with Crippen LogP contribution in [-0.4, -0.2) is 27.8 Å². The van der Waals surface area contributed by atoms with Crippen LogP contribution in [0.2, 0.25) is 0 Å². The molecule has 3 aromatic heterocycles. The van der Waals surface area contributed by atoms with Crippen LogP contribution in [0, 0.1) is 13.8 Å². The van der Waals surface area contributed by atoms with Crippen LogP contribution in [0.1, 0.15) is 17.0 Å². The highest BCUT2D eigenvalue weighted by Crippen LogP contribution is 2.35. The third kappa shape index (κ3) is 4.52. The van der Waals surface area contributed by atoms with Crippen molar-refractivity contribution in [1.29, 1.82) is 0 Å². The van der Waals surface area contributed by atoms with Crippen molar-refractivity contribution in [3.8, 4) is 28.5 Å². The third-order valence-electron chi connectivity index (χ3n) is 5.69. The Bertz CT molecular complexity index is 1390. The highest BCUT2D eigenvalue weighted by atomic mass is 16.5. The number of aromatic nitrogens is 3. The summed E-state index contributed by atoms with van der Waals surface area (Å²) in [5.74, 6) is 2.05. The van der Waals surface area contributed by atoms with E-state index in [0.717, 1.165) is 45.6 Å². The quantitative estimate of drug-likeness (QED) is 0.353. The summed E-state index contributed by atoms with van der Waals surface area (Å²) in [6, 6.07) is 24.0. The first-order valence-corrected chi connectivity index (χ1v) is 11.0. The van der Waals surface area contributed by atoms with Gasteiger partial charge in [0.1, 0.15) is 18.1 Å². The number of aryl methyl sites for hydroxylation is 2. The molecule has 1 atom stereocenters. The molecular weight excluding hydrogens is 412 g/mol. The van der Waals surface area contributed by atoms with E-state index in [2.05, 4.69) is 34.5 Å². The maximum Gasteiger partial charge on any atom is 0.213 e. The van der Waals surface area contributed by atoms with E-state index in [-0.39, 0.29) is 6.04 Å². The van der Waals surface area contributed by atoms with E-state index in [1.165, 1.54) is 5.56 Å². The topological polar surface area (TPSA) is 90.0 Å². The van der Waals surface area contributed by atoms with Crippen molar-refractivity contribution in [1.82, 2.24) is 15.2 Å². The Morgan fingerprint density at radius 2 is 1.85 bits per heavy atom. The molecule has 6 nitrogen and oxygen atoms in total. The minimum atomic E-state index is -0.130. The number of pyridine rings is 1. The van der Waals surface area contributed by atoms with Crippen LogP contribution in [0.15, 0.2) is 77.2 Å². The number of rotatable bonds is 7. The lowest BCUT2D eigenvalue weighted by molar-refractivity contribution is 0.277. The fourth-order valence-corrected chi connectivity index (χ4v) is 3.98. The molecule has 0 aliphatic carbocycles.